The first-order chi connectivity index (χ1) is 19.4. The minimum atomic E-state index is -0.700. The number of hydrogen-bond acceptors (Lipinski definition) is 6. The molecule has 9 heteroatoms. The Hall–Kier alpha value is -1.87. The van der Waals surface area contributed by atoms with Crippen LogP contribution in [0.3, 0.4) is 0 Å². The first-order valence-corrected chi connectivity index (χ1v) is 16.3. The zero-order valence-corrected chi connectivity index (χ0v) is 25.8. The van der Waals surface area contributed by atoms with Crippen molar-refractivity contribution in [3.05, 3.63) is 0 Å². The third-order valence-electron chi connectivity index (χ3n) is 12.1. The van der Waals surface area contributed by atoms with Crippen LogP contribution in [0.2, 0.25) is 0 Å². The van der Waals surface area contributed by atoms with Crippen molar-refractivity contribution in [2.24, 2.45) is 62.8 Å². The molecule has 9 nitrogen and oxygen atoms in total. The van der Waals surface area contributed by atoms with Gasteiger partial charge in [0.05, 0.1) is 18.8 Å². The van der Waals surface area contributed by atoms with Gasteiger partial charge in [0, 0.05) is 13.0 Å². The van der Waals surface area contributed by atoms with E-state index in [0.29, 0.717) is 61.3 Å². The van der Waals surface area contributed by atoms with Crippen LogP contribution < -0.4 is 16.8 Å². The van der Waals surface area contributed by atoms with Crippen molar-refractivity contribution < 1.29 is 24.5 Å². The summed E-state index contributed by atoms with van der Waals surface area (Å²) in [5, 5.41) is 24.7. The van der Waals surface area contributed by atoms with Gasteiger partial charge in [-0.15, -0.1) is 0 Å². The third kappa shape index (κ3) is 6.71. The normalized spacial score (nSPS) is 39.4. The smallest absolute Gasteiger partial charge is 0.328 e. The molecule has 11 atom stereocenters. The third-order valence-corrected chi connectivity index (χ3v) is 12.1. The number of carbonyl (C=O) groups is 2. The van der Waals surface area contributed by atoms with E-state index in [1.54, 1.807) is 6.92 Å². The number of nitrogens with one attached hydrogen (secondary N) is 1. The Balaban J connectivity index is 1.35. The summed E-state index contributed by atoms with van der Waals surface area (Å²) in [6.07, 6.45) is 9.91. The zero-order valence-electron chi connectivity index (χ0n) is 25.8. The molecule has 4 aliphatic carbocycles. The van der Waals surface area contributed by atoms with E-state index in [1.165, 1.54) is 6.42 Å². The molecule has 0 spiro atoms. The Morgan fingerprint density at radius 1 is 1.02 bits per heavy atom. The van der Waals surface area contributed by atoms with Crippen molar-refractivity contribution in [2.45, 2.75) is 123 Å². The topological polar surface area (TPSA) is 160 Å². The number of aliphatic imine (C=N–C) groups is 1. The Kier molecular flexibility index (Phi) is 10.3. The van der Waals surface area contributed by atoms with Crippen LogP contribution in [-0.4, -0.2) is 59.5 Å². The highest BCUT2D eigenvalue weighted by Gasteiger charge is 2.62. The van der Waals surface area contributed by atoms with Crippen LogP contribution in [0.1, 0.15) is 105 Å². The second-order valence-corrected chi connectivity index (χ2v) is 14.3. The van der Waals surface area contributed by atoms with Gasteiger partial charge < -0.3 is 31.7 Å². The minimum Gasteiger partial charge on any atom is -0.464 e. The van der Waals surface area contributed by atoms with Gasteiger partial charge in [-0.3, -0.25) is 9.79 Å². The van der Waals surface area contributed by atoms with Crippen LogP contribution in [0.5, 0.6) is 0 Å². The molecule has 0 aromatic rings. The number of aliphatic hydroxyl groups excluding tert-OH is 2. The molecule has 4 rings (SSSR count). The average Bonchev–Trinajstić information content (AvgIpc) is 3.27. The van der Waals surface area contributed by atoms with Gasteiger partial charge in [0.1, 0.15) is 6.04 Å². The predicted molar refractivity (Wildman–Crippen MR) is 159 cm³/mol. The maximum atomic E-state index is 13.0. The molecule has 7 N–H and O–H groups in total. The summed E-state index contributed by atoms with van der Waals surface area (Å²) in [6.45, 7) is 9.61. The highest BCUT2D eigenvalue weighted by Crippen LogP contribution is 2.68. The monoisotopic (exact) mass is 576 g/mol. The lowest BCUT2D eigenvalue weighted by molar-refractivity contribution is -0.174. The van der Waals surface area contributed by atoms with Crippen molar-refractivity contribution >= 4 is 17.8 Å². The molecule has 0 heterocycles. The molecule has 0 aliphatic heterocycles. The fourth-order valence-electron chi connectivity index (χ4n) is 10.00. The summed E-state index contributed by atoms with van der Waals surface area (Å²) in [6, 6.07) is -0.700. The van der Waals surface area contributed by atoms with E-state index in [0.717, 1.165) is 51.4 Å². The lowest BCUT2D eigenvalue weighted by Gasteiger charge is -2.62. The second kappa shape index (κ2) is 13.2. The van der Waals surface area contributed by atoms with Gasteiger partial charge in [0.15, 0.2) is 5.96 Å². The Morgan fingerprint density at radius 3 is 2.44 bits per heavy atom. The predicted octanol–water partition coefficient (Wildman–Crippen LogP) is 3.49. The summed E-state index contributed by atoms with van der Waals surface area (Å²) < 4.78 is 5.19. The van der Waals surface area contributed by atoms with Gasteiger partial charge in [0.25, 0.3) is 0 Å². The quantitative estimate of drug-likeness (QED) is 0.109. The van der Waals surface area contributed by atoms with Gasteiger partial charge in [-0.1, -0.05) is 20.8 Å². The van der Waals surface area contributed by atoms with Crippen LogP contribution in [0.25, 0.3) is 0 Å². The molecule has 0 radical (unpaired) electrons. The largest absolute Gasteiger partial charge is 0.464 e. The Bertz CT molecular complexity index is 956. The number of fused-ring (bicyclic) bond motifs is 5. The maximum absolute atomic E-state index is 13.0. The van der Waals surface area contributed by atoms with E-state index in [9.17, 15) is 19.8 Å². The Labute approximate surface area is 246 Å². The average molecular weight is 577 g/mol. The number of esters is 1. The number of nitrogens with two attached hydrogens (primary N) is 2. The van der Waals surface area contributed by atoms with Gasteiger partial charge in [-0.25, -0.2) is 4.79 Å². The molecule has 4 saturated carbocycles. The van der Waals surface area contributed by atoms with Crippen LogP contribution in [0.15, 0.2) is 4.99 Å². The second-order valence-electron chi connectivity index (χ2n) is 14.3. The van der Waals surface area contributed by atoms with Crippen LogP contribution in [0, 0.1) is 46.3 Å². The van der Waals surface area contributed by atoms with Crippen molar-refractivity contribution in [3.8, 4) is 0 Å². The highest BCUT2D eigenvalue weighted by atomic mass is 16.5. The van der Waals surface area contributed by atoms with Crippen LogP contribution in [0.4, 0.5) is 0 Å². The maximum Gasteiger partial charge on any atom is 0.328 e. The van der Waals surface area contributed by atoms with Crippen molar-refractivity contribution in [1.29, 1.82) is 0 Å². The summed E-state index contributed by atoms with van der Waals surface area (Å²) in [5.41, 5.74) is 11.2. The molecule has 41 heavy (non-hydrogen) atoms. The van der Waals surface area contributed by atoms with E-state index in [2.05, 4.69) is 31.1 Å². The number of hydrogen-bond donors (Lipinski definition) is 5. The molecule has 0 bridgehead atoms. The molecule has 0 unspecified atom stereocenters. The van der Waals surface area contributed by atoms with Gasteiger partial charge >= 0.3 is 5.97 Å². The van der Waals surface area contributed by atoms with E-state index in [1.807, 2.05) is 0 Å². The number of rotatable bonds is 11. The molecule has 4 fully saturated rings. The molecule has 4 aliphatic rings. The molecule has 0 aromatic carbocycles. The van der Waals surface area contributed by atoms with E-state index < -0.39 is 12.0 Å². The molecular formula is C32H56N4O5. The first-order valence-electron chi connectivity index (χ1n) is 16.3. The van der Waals surface area contributed by atoms with Crippen LogP contribution >= 0.6 is 0 Å². The number of aliphatic hydroxyl groups is 2. The van der Waals surface area contributed by atoms with Gasteiger partial charge in [-0.2, -0.15) is 0 Å². The number of nitrogens with zero attached hydrogens (tertiary/aromatic N) is 1. The lowest BCUT2D eigenvalue weighted by Crippen LogP contribution is -2.58. The summed E-state index contributed by atoms with van der Waals surface area (Å²) >= 11 is 0. The number of carbonyl (C=O) groups excluding carboxylic acids is 2. The first kappa shape index (κ1) is 32.1. The number of guanidine groups is 1. The standard InChI is InChI=1S/C32H56N4O5/c1-5-41-29(40)25(7-6-16-35-30(33)34)36-27(39)11-8-19(2)22-9-10-23-28-24(13-15-32(22,23)4)31(3)14-12-21(37)17-20(31)18-26(28)38/h19-26,28,37-38H,5-18H2,1-4H3,(H,36,39)(H4,33,34,35)/t19-,20+,21-,22-,23+,24+,25+,26+,28+,31+,32-/m1/s1. The molecule has 0 aromatic heterocycles. The van der Waals surface area contributed by atoms with E-state index >= 15 is 0 Å². The van der Waals surface area contributed by atoms with Crippen LogP contribution in [-0.2, 0) is 14.3 Å². The summed E-state index contributed by atoms with van der Waals surface area (Å²) in [4.78, 5) is 29.4. The highest BCUT2D eigenvalue weighted by molar-refractivity contribution is 5.84. The van der Waals surface area contributed by atoms with Crippen molar-refractivity contribution in [1.82, 2.24) is 5.32 Å². The number of ether oxygens (including phenoxy) is 1. The minimum absolute atomic E-state index is 0.0113. The van der Waals surface area contributed by atoms with E-state index in [4.69, 9.17) is 16.2 Å². The molecule has 234 valence electrons. The summed E-state index contributed by atoms with van der Waals surface area (Å²) in [7, 11) is 0. The molecule has 1 amide bonds. The zero-order chi connectivity index (χ0) is 29.9. The van der Waals surface area contributed by atoms with E-state index in [-0.39, 0.29) is 41.5 Å². The Morgan fingerprint density at radius 2 is 1.73 bits per heavy atom. The fraction of sp³-hybridized carbons (Fsp3) is 0.906. The van der Waals surface area contributed by atoms with Gasteiger partial charge in [-0.05, 0) is 124 Å². The number of amides is 1. The lowest BCUT2D eigenvalue weighted by atomic mass is 9.43. The SMILES string of the molecule is CCOC(=O)[C@H](CCCN=C(N)N)NC(=O)CC[C@@H](C)[C@H]1CC[C@H]2[C@@H]3[C@@H](O)C[C@@H]4C[C@H](O)CC[C@]4(C)[C@H]3CC[C@]12C. The van der Waals surface area contributed by atoms with Gasteiger partial charge in [0.2, 0.25) is 5.91 Å². The molecule has 0 saturated heterocycles. The molecular weight excluding hydrogens is 520 g/mol. The van der Waals surface area contributed by atoms with Crippen molar-refractivity contribution in [3.63, 3.8) is 0 Å². The fourth-order valence-corrected chi connectivity index (χ4v) is 10.00. The van der Waals surface area contributed by atoms with Crippen molar-refractivity contribution in [2.75, 3.05) is 13.2 Å². The summed E-state index contributed by atoms with van der Waals surface area (Å²) in [5.74, 6) is 2.18.